The van der Waals surface area contributed by atoms with Gasteiger partial charge in [0.2, 0.25) is 5.88 Å². The van der Waals surface area contributed by atoms with Gasteiger partial charge in [-0.15, -0.1) is 0 Å². The van der Waals surface area contributed by atoms with Crippen molar-refractivity contribution in [3.05, 3.63) is 10.7 Å². The molecule has 1 aromatic rings. The largest absolute Gasteiger partial charge is 0.475 e. The van der Waals surface area contributed by atoms with E-state index in [1.54, 1.807) is 13.3 Å². The van der Waals surface area contributed by atoms with Gasteiger partial charge in [-0.05, 0) is 15.9 Å². The zero-order valence-electron chi connectivity index (χ0n) is 9.10. The molecule has 1 saturated heterocycles. The van der Waals surface area contributed by atoms with Gasteiger partial charge in [-0.2, -0.15) is 5.10 Å². The van der Waals surface area contributed by atoms with E-state index in [9.17, 15) is 0 Å². The molecule has 0 aromatic carbocycles. The highest BCUT2D eigenvalue weighted by molar-refractivity contribution is 9.10. The lowest BCUT2D eigenvalue weighted by atomic mass is 10.1. The van der Waals surface area contributed by atoms with Crippen molar-refractivity contribution in [2.45, 2.75) is 18.7 Å². The predicted molar refractivity (Wildman–Crippen MR) is 61.6 cm³/mol. The molecule has 0 aliphatic carbocycles. The van der Waals surface area contributed by atoms with Crippen LogP contribution in [0.1, 0.15) is 0 Å². The number of hydrogen-bond donors (Lipinski definition) is 0. The Morgan fingerprint density at radius 3 is 3.06 bits per heavy atom. The molecule has 0 N–H and O–H groups in total. The van der Waals surface area contributed by atoms with Crippen LogP contribution in [0.2, 0.25) is 0 Å². The number of aromatic nitrogens is 2. The van der Waals surface area contributed by atoms with E-state index >= 15 is 0 Å². The van der Waals surface area contributed by atoms with E-state index in [-0.39, 0.29) is 0 Å². The standard InChI is InChI=1S/C10H14BrN3O2/c1-15-8-4-13(5-8)7-3-14-10(16-6-7)9(11)2-12-14/h2,7-8H,3-6H2,1H3/t7-/m0/s1. The van der Waals surface area contributed by atoms with Crippen molar-refractivity contribution in [3.63, 3.8) is 0 Å². The lowest BCUT2D eigenvalue weighted by molar-refractivity contribution is -0.0684. The maximum absolute atomic E-state index is 5.70. The maximum Gasteiger partial charge on any atom is 0.226 e. The van der Waals surface area contributed by atoms with Crippen molar-refractivity contribution in [2.75, 3.05) is 26.8 Å². The molecule has 0 amide bonds. The van der Waals surface area contributed by atoms with Gasteiger partial charge in [0.15, 0.2) is 0 Å². The van der Waals surface area contributed by atoms with Gasteiger partial charge in [-0.25, -0.2) is 4.68 Å². The van der Waals surface area contributed by atoms with Crippen LogP contribution in [0.25, 0.3) is 0 Å². The molecule has 5 nitrogen and oxygen atoms in total. The van der Waals surface area contributed by atoms with Crippen LogP contribution in [-0.4, -0.2) is 53.6 Å². The van der Waals surface area contributed by atoms with E-state index in [4.69, 9.17) is 9.47 Å². The fourth-order valence-corrected chi connectivity index (χ4v) is 2.60. The molecule has 3 heterocycles. The van der Waals surface area contributed by atoms with Crippen molar-refractivity contribution < 1.29 is 9.47 Å². The molecular formula is C10H14BrN3O2. The molecule has 0 bridgehead atoms. The van der Waals surface area contributed by atoms with Crippen LogP contribution < -0.4 is 4.74 Å². The molecule has 3 rings (SSSR count). The molecule has 0 spiro atoms. The summed E-state index contributed by atoms with van der Waals surface area (Å²) >= 11 is 3.42. The van der Waals surface area contributed by atoms with E-state index < -0.39 is 0 Å². The molecule has 0 unspecified atom stereocenters. The fourth-order valence-electron chi connectivity index (χ4n) is 2.19. The SMILES string of the molecule is COC1CN([C@@H]2COc3c(Br)cnn3C2)C1. The maximum atomic E-state index is 5.70. The third kappa shape index (κ3) is 1.65. The molecule has 1 atom stereocenters. The van der Waals surface area contributed by atoms with Gasteiger partial charge in [0.05, 0.1) is 29.4 Å². The lowest BCUT2D eigenvalue weighted by Crippen LogP contribution is -2.59. The van der Waals surface area contributed by atoms with Crippen molar-refractivity contribution in [1.29, 1.82) is 0 Å². The van der Waals surface area contributed by atoms with Crippen LogP contribution in [0.4, 0.5) is 0 Å². The Balaban J connectivity index is 1.65. The fraction of sp³-hybridized carbons (Fsp3) is 0.700. The zero-order chi connectivity index (χ0) is 11.1. The molecule has 88 valence electrons. The number of ether oxygens (including phenoxy) is 2. The number of likely N-dealkylation sites (tertiary alicyclic amines) is 1. The highest BCUT2D eigenvalue weighted by Gasteiger charge is 2.35. The number of methoxy groups -OCH3 is 1. The van der Waals surface area contributed by atoms with E-state index in [0.29, 0.717) is 12.1 Å². The summed E-state index contributed by atoms with van der Waals surface area (Å²) in [7, 11) is 1.77. The summed E-state index contributed by atoms with van der Waals surface area (Å²) in [5.41, 5.74) is 0. The third-order valence-corrected chi connectivity index (χ3v) is 3.82. The van der Waals surface area contributed by atoms with E-state index in [2.05, 4.69) is 25.9 Å². The van der Waals surface area contributed by atoms with Crippen molar-refractivity contribution in [3.8, 4) is 5.88 Å². The van der Waals surface area contributed by atoms with Gasteiger partial charge in [0.1, 0.15) is 6.61 Å². The quantitative estimate of drug-likeness (QED) is 0.804. The van der Waals surface area contributed by atoms with Gasteiger partial charge < -0.3 is 9.47 Å². The van der Waals surface area contributed by atoms with Crippen molar-refractivity contribution >= 4 is 15.9 Å². The summed E-state index contributed by atoms with van der Waals surface area (Å²) in [6, 6.07) is 0.422. The summed E-state index contributed by atoms with van der Waals surface area (Å²) in [6.45, 7) is 3.64. The molecule has 0 saturated carbocycles. The minimum absolute atomic E-state index is 0.394. The van der Waals surface area contributed by atoms with Crippen molar-refractivity contribution in [2.24, 2.45) is 0 Å². The smallest absolute Gasteiger partial charge is 0.226 e. The third-order valence-electron chi connectivity index (χ3n) is 3.27. The summed E-state index contributed by atoms with van der Waals surface area (Å²) < 4.78 is 13.8. The monoisotopic (exact) mass is 287 g/mol. The van der Waals surface area contributed by atoms with Crippen LogP contribution in [0, 0.1) is 0 Å². The molecular weight excluding hydrogens is 274 g/mol. The second-order valence-electron chi connectivity index (χ2n) is 4.26. The number of halogens is 1. The minimum Gasteiger partial charge on any atom is -0.475 e. The Morgan fingerprint density at radius 2 is 2.31 bits per heavy atom. The molecule has 6 heteroatoms. The Hall–Kier alpha value is -0.590. The van der Waals surface area contributed by atoms with Crippen molar-refractivity contribution in [1.82, 2.24) is 14.7 Å². The molecule has 1 aromatic heterocycles. The van der Waals surface area contributed by atoms with E-state index in [1.165, 1.54) is 0 Å². The number of nitrogens with zero attached hydrogens (tertiary/aromatic N) is 3. The predicted octanol–water partition coefficient (Wildman–Crippen LogP) is 0.737. The Labute approximate surface area is 102 Å². The van der Waals surface area contributed by atoms with Gasteiger partial charge in [0, 0.05) is 20.2 Å². The lowest BCUT2D eigenvalue weighted by Gasteiger charge is -2.44. The average molecular weight is 288 g/mol. The van der Waals surface area contributed by atoms with Gasteiger partial charge in [0.25, 0.3) is 0 Å². The molecule has 1 fully saturated rings. The summed E-state index contributed by atoms with van der Waals surface area (Å²) in [4.78, 5) is 2.38. The highest BCUT2D eigenvalue weighted by Crippen LogP contribution is 2.29. The molecule has 2 aliphatic rings. The first-order chi connectivity index (χ1) is 7.78. The first kappa shape index (κ1) is 10.6. The average Bonchev–Trinajstić information content (AvgIpc) is 2.59. The summed E-state index contributed by atoms with van der Waals surface area (Å²) in [5.74, 6) is 0.847. The van der Waals surface area contributed by atoms with Gasteiger partial charge in [-0.1, -0.05) is 0 Å². The first-order valence-corrected chi connectivity index (χ1v) is 6.18. The number of rotatable bonds is 2. The van der Waals surface area contributed by atoms with Gasteiger partial charge >= 0.3 is 0 Å². The second-order valence-corrected chi connectivity index (χ2v) is 5.11. The Bertz CT molecular complexity index is 389. The topological polar surface area (TPSA) is 39.5 Å². The van der Waals surface area contributed by atoms with Gasteiger partial charge in [-0.3, -0.25) is 4.90 Å². The minimum atomic E-state index is 0.394. The summed E-state index contributed by atoms with van der Waals surface area (Å²) in [5, 5.41) is 4.27. The Kier molecular flexibility index (Phi) is 2.65. The number of hydrogen-bond acceptors (Lipinski definition) is 4. The normalized spacial score (nSPS) is 26.0. The molecule has 0 radical (unpaired) electrons. The van der Waals surface area contributed by atoms with Crippen LogP contribution in [0.15, 0.2) is 10.7 Å². The first-order valence-electron chi connectivity index (χ1n) is 5.39. The second kappa shape index (κ2) is 4.01. The number of fused-ring (bicyclic) bond motifs is 1. The van der Waals surface area contributed by atoms with Crippen LogP contribution in [-0.2, 0) is 11.3 Å². The van der Waals surface area contributed by atoms with E-state index in [0.717, 1.165) is 36.6 Å². The van der Waals surface area contributed by atoms with Crippen LogP contribution in [0.3, 0.4) is 0 Å². The Morgan fingerprint density at radius 1 is 1.50 bits per heavy atom. The molecule has 2 aliphatic heterocycles. The van der Waals surface area contributed by atoms with Crippen LogP contribution >= 0.6 is 15.9 Å². The molecule has 16 heavy (non-hydrogen) atoms. The highest BCUT2D eigenvalue weighted by atomic mass is 79.9. The van der Waals surface area contributed by atoms with E-state index in [1.807, 2.05) is 4.68 Å². The van der Waals surface area contributed by atoms with Crippen LogP contribution in [0.5, 0.6) is 5.88 Å². The zero-order valence-corrected chi connectivity index (χ0v) is 10.7. The summed E-state index contributed by atoms with van der Waals surface area (Å²) in [6.07, 6.45) is 2.18.